The summed E-state index contributed by atoms with van der Waals surface area (Å²) in [5.74, 6) is 6.31. The average Bonchev–Trinajstić information content (AvgIpc) is 2.98. The number of hydrogen-bond donors (Lipinski definition) is 4. The molecule has 0 aliphatic carbocycles. The van der Waals surface area contributed by atoms with E-state index in [-0.39, 0.29) is 30.5 Å². The van der Waals surface area contributed by atoms with Gasteiger partial charge in [-0.3, -0.25) is 5.43 Å². The fraction of sp³-hybridized carbons (Fsp3) is 0.500. The fourth-order valence-corrected chi connectivity index (χ4v) is 1.50. The van der Waals surface area contributed by atoms with Gasteiger partial charge in [-0.15, -0.1) is 0 Å². The van der Waals surface area contributed by atoms with Crippen LogP contribution in [0.1, 0.15) is 13.8 Å². The van der Waals surface area contributed by atoms with Crippen molar-refractivity contribution in [1.29, 1.82) is 0 Å². The minimum Gasteiger partial charge on any atom is -0.394 e. The number of nitrogens with one attached hydrogen (secondary N) is 2. The lowest BCUT2D eigenvalue weighted by Crippen LogP contribution is -2.31. The highest BCUT2D eigenvalue weighted by Crippen LogP contribution is 2.11. The van der Waals surface area contributed by atoms with Crippen LogP contribution >= 0.6 is 0 Å². The maximum atomic E-state index is 9.34. The van der Waals surface area contributed by atoms with Crippen LogP contribution in [-0.4, -0.2) is 47.5 Å². The molecule has 0 radical (unpaired) electrons. The van der Waals surface area contributed by atoms with Gasteiger partial charge in [-0.25, -0.2) is 10.8 Å². The highest BCUT2D eigenvalue weighted by molar-refractivity contribution is 5.37. The number of hydrogen-bond acceptors (Lipinski definition) is 9. The molecule has 0 saturated heterocycles. The van der Waals surface area contributed by atoms with Gasteiger partial charge >= 0.3 is 0 Å². The lowest BCUT2D eigenvalue weighted by Gasteiger charge is -2.20. The predicted molar refractivity (Wildman–Crippen MR) is 71.9 cm³/mol. The van der Waals surface area contributed by atoms with Gasteiger partial charge in [0.25, 0.3) is 5.95 Å². The van der Waals surface area contributed by atoms with E-state index in [1.54, 1.807) is 0 Å². The molecule has 2 heterocycles. The van der Waals surface area contributed by atoms with E-state index in [0.29, 0.717) is 5.95 Å². The van der Waals surface area contributed by atoms with Crippen LogP contribution in [0.15, 0.2) is 12.7 Å². The van der Waals surface area contributed by atoms with Gasteiger partial charge in [-0.2, -0.15) is 24.7 Å². The second-order valence-electron chi connectivity index (χ2n) is 4.44. The summed E-state index contributed by atoms with van der Waals surface area (Å²) in [4.78, 5) is 16.2. The molecule has 0 unspecified atom stereocenters. The highest BCUT2D eigenvalue weighted by Gasteiger charge is 2.15. The maximum Gasteiger partial charge on any atom is 0.258 e. The molecule has 10 heteroatoms. The molecule has 10 nitrogen and oxygen atoms in total. The van der Waals surface area contributed by atoms with Gasteiger partial charge in [-0.1, -0.05) is 13.8 Å². The third-order valence-corrected chi connectivity index (χ3v) is 2.69. The van der Waals surface area contributed by atoms with Crippen LogP contribution < -0.4 is 16.6 Å². The van der Waals surface area contributed by atoms with E-state index >= 15 is 0 Å². The molecule has 0 aliphatic rings. The number of aliphatic hydroxyl groups excluding tert-OH is 1. The molecular weight excluding hydrogens is 262 g/mol. The van der Waals surface area contributed by atoms with Crippen molar-refractivity contribution in [2.45, 2.75) is 19.9 Å². The average molecular weight is 279 g/mol. The molecule has 2 aromatic heterocycles. The quantitative estimate of drug-likeness (QED) is 0.393. The lowest BCUT2D eigenvalue weighted by atomic mass is 10.1. The van der Waals surface area contributed by atoms with Gasteiger partial charge in [0.15, 0.2) is 0 Å². The van der Waals surface area contributed by atoms with E-state index in [1.807, 2.05) is 13.8 Å². The Morgan fingerprint density at radius 1 is 1.30 bits per heavy atom. The van der Waals surface area contributed by atoms with Gasteiger partial charge < -0.3 is 10.4 Å². The Balaban J connectivity index is 2.31. The Hall–Kier alpha value is -2.33. The van der Waals surface area contributed by atoms with Crippen LogP contribution in [0.25, 0.3) is 5.95 Å². The maximum absolute atomic E-state index is 9.34. The number of nitrogen functional groups attached to an aromatic ring is 1. The third kappa shape index (κ3) is 3.16. The topological polar surface area (TPSA) is 140 Å². The van der Waals surface area contributed by atoms with E-state index in [2.05, 4.69) is 35.8 Å². The van der Waals surface area contributed by atoms with Crippen molar-refractivity contribution >= 4 is 11.9 Å². The van der Waals surface area contributed by atoms with Crippen molar-refractivity contribution in [2.24, 2.45) is 11.8 Å². The number of rotatable bonds is 6. The SMILES string of the molecule is CC(C)[C@@H](CO)Nc1nc(NN)nc(-n2cncn2)n1. The summed E-state index contributed by atoms with van der Waals surface area (Å²) in [5, 5.41) is 16.3. The zero-order chi connectivity index (χ0) is 14.5. The van der Waals surface area contributed by atoms with E-state index in [9.17, 15) is 5.11 Å². The normalized spacial score (nSPS) is 12.4. The van der Waals surface area contributed by atoms with Gasteiger partial charge in [0.1, 0.15) is 12.7 Å². The molecule has 2 rings (SSSR count). The summed E-state index contributed by atoms with van der Waals surface area (Å²) in [6.07, 6.45) is 2.84. The van der Waals surface area contributed by atoms with Gasteiger partial charge in [0.2, 0.25) is 11.9 Å². The highest BCUT2D eigenvalue weighted by atomic mass is 16.3. The van der Waals surface area contributed by atoms with Crippen LogP contribution in [0.4, 0.5) is 11.9 Å². The summed E-state index contributed by atoms with van der Waals surface area (Å²) >= 11 is 0. The largest absolute Gasteiger partial charge is 0.394 e. The number of hydrazine groups is 1. The summed E-state index contributed by atoms with van der Waals surface area (Å²) in [7, 11) is 0. The fourth-order valence-electron chi connectivity index (χ4n) is 1.50. The van der Waals surface area contributed by atoms with Crippen molar-refractivity contribution < 1.29 is 5.11 Å². The molecule has 108 valence electrons. The van der Waals surface area contributed by atoms with Gasteiger partial charge in [-0.05, 0) is 5.92 Å². The molecule has 0 amide bonds. The molecule has 0 bridgehead atoms. The van der Waals surface area contributed by atoms with E-state index in [1.165, 1.54) is 17.3 Å². The van der Waals surface area contributed by atoms with E-state index in [0.717, 1.165) is 0 Å². The van der Waals surface area contributed by atoms with Gasteiger partial charge in [0, 0.05) is 0 Å². The molecule has 1 atom stereocenters. The van der Waals surface area contributed by atoms with E-state index < -0.39 is 0 Å². The molecule has 0 spiro atoms. The first-order valence-electron chi connectivity index (χ1n) is 6.09. The number of nitrogens with two attached hydrogens (primary N) is 1. The monoisotopic (exact) mass is 279 g/mol. The zero-order valence-electron chi connectivity index (χ0n) is 11.2. The molecule has 0 saturated carbocycles. The summed E-state index contributed by atoms with van der Waals surface area (Å²) in [6.45, 7) is 3.93. The molecule has 2 aromatic rings. The number of aromatic nitrogens is 6. The summed E-state index contributed by atoms with van der Waals surface area (Å²) in [6, 6.07) is -0.174. The third-order valence-electron chi connectivity index (χ3n) is 2.69. The van der Waals surface area contributed by atoms with Crippen molar-refractivity contribution in [3.63, 3.8) is 0 Å². The first-order valence-corrected chi connectivity index (χ1v) is 6.09. The molecule has 0 aliphatic heterocycles. The van der Waals surface area contributed by atoms with E-state index in [4.69, 9.17) is 5.84 Å². The van der Waals surface area contributed by atoms with Gasteiger partial charge in [0.05, 0.1) is 12.6 Å². The Labute approximate surface area is 115 Å². The Morgan fingerprint density at radius 3 is 2.60 bits per heavy atom. The van der Waals surface area contributed by atoms with Crippen LogP contribution in [0.2, 0.25) is 0 Å². The first-order chi connectivity index (χ1) is 9.63. The van der Waals surface area contributed by atoms with Crippen molar-refractivity contribution in [2.75, 3.05) is 17.3 Å². The minimum atomic E-state index is -0.174. The summed E-state index contributed by atoms with van der Waals surface area (Å²) in [5.41, 5.74) is 2.36. The Bertz CT molecular complexity index is 542. The van der Waals surface area contributed by atoms with Crippen LogP contribution in [0.3, 0.4) is 0 Å². The van der Waals surface area contributed by atoms with Crippen LogP contribution in [0.5, 0.6) is 0 Å². The molecule has 5 N–H and O–H groups in total. The number of aliphatic hydroxyl groups is 1. The Kier molecular flexibility index (Phi) is 4.38. The standard InChI is InChI=1S/C10H17N9O/c1-6(2)7(3-20)14-8-15-9(18-11)17-10(16-8)19-5-12-4-13-19/h4-7,20H,3,11H2,1-2H3,(H2,14,15,16,17,18)/t7-/m1/s1. The first kappa shape index (κ1) is 14.1. The molecule has 20 heavy (non-hydrogen) atoms. The zero-order valence-corrected chi connectivity index (χ0v) is 11.2. The predicted octanol–water partition coefficient (Wildman–Crippen LogP) is -0.833. The van der Waals surface area contributed by atoms with Crippen molar-refractivity contribution in [3.05, 3.63) is 12.7 Å². The minimum absolute atomic E-state index is 0.0343. The number of nitrogens with zero attached hydrogens (tertiary/aromatic N) is 6. The Morgan fingerprint density at radius 2 is 2.05 bits per heavy atom. The lowest BCUT2D eigenvalue weighted by molar-refractivity contribution is 0.248. The smallest absolute Gasteiger partial charge is 0.258 e. The summed E-state index contributed by atoms with van der Waals surface area (Å²) < 4.78 is 1.39. The van der Waals surface area contributed by atoms with Crippen LogP contribution in [-0.2, 0) is 0 Å². The second-order valence-corrected chi connectivity index (χ2v) is 4.44. The van der Waals surface area contributed by atoms with Crippen LogP contribution in [0, 0.1) is 5.92 Å². The number of anilines is 2. The van der Waals surface area contributed by atoms with Crippen molar-refractivity contribution in [1.82, 2.24) is 29.7 Å². The van der Waals surface area contributed by atoms with Crippen molar-refractivity contribution in [3.8, 4) is 5.95 Å². The molecule has 0 fully saturated rings. The molecule has 0 aromatic carbocycles. The second kappa shape index (κ2) is 6.21. The molecular formula is C10H17N9O.